The van der Waals surface area contributed by atoms with Gasteiger partial charge in [0.05, 0.1) is 11.4 Å². The molecule has 0 aliphatic carbocycles. The number of ether oxygens (including phenoxy) is 1. The number of hydrogen-bond donors (Lipinski definition) is 1. The Hall–Kier alpha value is -3.15. The molecule has 0 saturated carbocycles. The number of aryl methyl sites for hydroxylation is 1. The van der Waals surface area contributed by atoms with Crippen molar-refractivity contribution in [2.75, 3.05) is 5.32 Å². The van der Waals surface area contributed by atoms with Gasteiger partial charge < -0.3 is 10.1 Å². The molecule has 1 N–H and O–H groups in total. The lowest BCUT2D eigenvalue weighted by Gasteiger charge is -2.13. The summed E-state index contributed by atoms with van der Waals surface area (Å²) in [5, 5.41) is 3.70. The molecule has 1 unspecified atom stereocenters. The lowest BCUT2D eigenvalue weighted by molar-refractivity contribution is -0.153. The topological polar surface area (TPSA) is 67.8 Å². The molecule has 5 nitrogen and oxygen atoms in total. The van der Waals surface area contributed by atoms with Crippen molar-refractivity contribution >= 4 is 46.5 Å². The van der Waals surface area contributed by atoms with Crippen LogP contribution < -0.4 is 5.32 Å². The van der Waals surface area contributed by atoms with Crippen LogP contribution in [-0.2, 0) is 20.7 Å². The number of hydrogen-bond acceptors (Lipinski definition) is 4. The number of carbonyl (C=O) groups excluding carboxylic acids is 2. The van der Waals surface area contributed by atoms with Crippen molar-refractivity contribution in [3.63, 3.8) is 0 Å². The Morgan fingerprint density at radius 3 is 2.48 bits per heavy atom. The van der Waals surface area contributed by atoms with Crippen molar-refractivity contribution in [1.82, 2.24) is 0 Å². The summed E-state index contributed by atoms with van der Waals surface area (Å²) in [4.78, 5) is 29.7. The molecule has 0 radical (unpaired) electrons. The molecule has 0 fully saturated rings. The number of halogens is 2. The number of rotatable bonds is 5. The van der Waals surface area contributed by atoms with E-state index in [0.717, 1.165) is 5.56 Å². The average molecular weight is 453 g/mol. The highest BCUT2D eigenvalue weighted by molar-refractivity contribution is 6.37. The molecule has 0 aromatic heterocycles. The van der Waals surface area contributed by atoms with Crippen molar-refractivity contribution < 1.29 is 14.3 Å². The minimum atomic E-state index is -1.35. The van der Waals surface area contributed by atoms with Crippen molar-refractivity contribution in [2.24, 2.45) is 4.99 Å². The second-order valence-corrected chi connectivity index (χ2v) is 7.81. The highest BCUT2D eigenvalue weighted by atomic mass is 35.5. The minimum Gasteiger partial charge on any atom is -0.430 e. The van der Waals surface area contributed by atoms with E-state index in [9.17, 15) is 9.59 Å². The first-order valence-electron chi connectivity index (χ1n) is 9.68. The number of esters is 1. The Morgan fingerprint density at radius 2 is 1.71 bits per heavy atom. The highest BCUT2D eigenvalue weighted by Crippen LogP contribution is 2.30. The molecule has 4 rings (SSSR count). The van der Waals surface area contributed by atoms with Gasteiger partial charge in [0.2, 0.25) is 0 Å². The van der Waals surface area contributed by atoms with Crippen LogP contribution in [0.4, 0.5) is 5.69 Å². The van der Waals surface area contributed by atoms with Crippen molar-refractivity contribution in [2.45, 2.75) is 19.1 Å². The Morgan fingerprint density at radius 1 is 0.968 bits per heavy atom. The second-order valence-electron chi connectivity index (χ2n) is 6.96. The van der Waals surface area contributed by atoms with Crippen LogP contribution in [0.1, 0.15) is 23.1 Å². The number of fused-ring (bicyclic) bond motifs is 1. The summed E-state index contributed by atoms with van der Waals surface area (Å²) in [5.41, 5.74) is 3.14. The number of nitrogens with one attached hydrogen (secondary N) is 1. The standard InChI is InChI=1S/C24H18Cl2N2O3/c25-16-11-12-20-18(14-16)22(17-8-4-5-9-19(17)26)28-24(23(30)27-20)31-21(29)13-10-15-6-2-1-3-7-15/h1-9,11-12,14,24H,10,13H2,(H,27,30). The lowest BCUT2D eigenvalue weighted by Crippen LogP contribution is -2.30. The summed E-state index contributed by atoms with van der Waals surface area (Å²) < 4.78 is 5.44. The molecule has 1 amide bonds. The molecular formula is C24H18Cl2N2O3. The number of amides is 1. The van der Waals surface area contributed by atoms with Gasteiger partial charge in [-0.1, -0.05) is 71.7 Å². The minimum absolute atomic E-state index is 0.128. The van der Waals surface area contributed by atoms with E-state index < -0.39 is 18.1 Å². The monoisotopic (exact) mass is 452 g/mol. The molecule has 0 saturated heterocycles. The summed E-state index contributed by atoms with van der Waals surface area (Å²) in [6.07, 6.45) is -0.713. The molecule has 0 spiro atoms. The number of nitrogens with zero attached hydrogens (tertiary/aromatic N) is 1. The van der Waals surface area contributed by atoms with E-state index in [1.54, 1.807) is 36.4 Å². The van der Waals surface area contributed by atoms with E-state index >= 15 is 0 Å². The van der Waals surface area contributed by atoms with E-state index in [2.05, 4.69) is 10.3 Å². The van der Waals surface area contributed by atoms with Crippen LogP contribution in [0.3, 0.4) is 0 Å². The lowest BCUT2D eigenvalue weighted by atomic mass is 10.0. The van der Waals surface area contributed by atoms with Gasteiger partial charge >= 0.3 is 5.97 Å². The molecule has 156 valence electrons. The van der Waals surface area contributed by atoms with E-state index in [0.29, 0.717) is 39.0 Å². The first kappa shape index (κ1) is 21.1. The first-order valence-corrected chi connectivity index (χ1v) is 10.4. The Bertz CT molecular complexity index is 1160. The number of aliphatic imine (C=N–C) groups is 1. The SMILES string of the molecule is O=C(CCc1ccccc1)OC1N=C(c2ccccc2Cl)c2cc(Cl)ccc2NC1=O. The normalized spacial score (nSPS) is 15.4. The molecule has 1 heterocycles. The van der Waals surface area contributed by atoms with Crippen LogP contribution in [0.5, 0.6) is 0 Å². The van der Waals surface area contributed by atoms with Gasteiger partial charge in [-0.25, -0.2) is 4.99 Å². The molecule has 3 aromatic carbocycles. The Kier molecular flexibility index (Phi) is 6.35. The average Bonchev–Trinajstić information content (AvgIpc) is 2.90. The van der Waals surface area contributed by atoms with Gasteiger partial charge in [0.25, 0.3) is 12.1 Å². The maximum absolute atomic E-state index is 12.8. The smallest absolute Gasteiger partial charge is 0.308 e. The third-order valence-electron chi connectivity index (χ3n) is 4.80. The summed E-state index contributed by atoms with van der Waals surface area (Å²) in [6.45, 7) is 0. The zero-order valence-corrected chi connectivity index (χ0v) is 17.9. The van der Waals surface area contributed by atoms with E-state index in [1.165, 1.54) is 0 Å². The molecule has 1 atom stereocenters. The molecule has 1 aliphatic rings. The van der Waals surface area contributed by atoms with Gasteiger partial charge in [0.15, 0.2) is 0 Å². The third-order valence-corrected chi connectivity index (χ3v) is 5.36. The largest absolute Gasteiger partial charge is 0.430 e. The van der Waals surface area contributed by atoms with Crippen LogP contribution in [-0.4, -0.2) is 23.8 Å². The summed E-state index contributed by atoms with van der Waals surface area (Å²) in [7, 11) is 0. The van der Waals surface area contributed by atoms with Crippen molar-refractivity contribution in [3.8, 4) is 0 Å². The van der Waals surface area contributed by atoms with Gasteiger partial charge in [-0.3, -0.25) is 9.59 Å². The molecule has 7 heteroatoms. The van der Waals surface area contributed by atoms with Crippen LogP contribution in [0.2, 0.25) is 10.0 Å². The summed E-state index contributed by atoms with van der Waals surface area (Å²) in [6, 6.07) is 21.7. The summed E-state index contributed by atoms with van der Waals surface area (Å²) >= 11 is 12.6. The fourth-order valence-electron chi connectivity index (χ4n) is 3.28. The van der Waals surface area contributed by atoms with E-state index in [-0.39, 0.29) is 6.42 Å². The second kappa shape index (κ2) is 9.33. The fraction of sp³-hybridized carbons (Fsp3) is 0.125. The molecule has 1 aliphatic heterocycles. The van der Waals surface area contributed by atoms with Crippen LogP contribution in [0.15, 0.2) is 77.8 Å². The predicted octanol–water partition coefficient (Wildman–Crippen LogP) is 5.29. The Balaban J connectivity index is 1.64. The van der Waals surface area contributed by atoms with E-state index in [1.807, 2.05) is 36.4 Å². The quantitative estimate of drug-likeness (QED) is 0.535. The third kappa shape index (κ3) is 4.95. The molecule has 3 aromatic rings. The molecule has 0 bridgehead atoms. The number of benzodiazepines with no additional fused rings is 1. The molecular weight excluding hydrogens is 435 g/mol. The number of benzene rings is 3. The summed E-state index contributed by atoms with van der Waals surface area (Å²) in [5.74, 6) is -1.06. The van der Waals surface area contributed by atoms with Crippen molar-refractivity contribution in [1.29, 1.82) is 0 Å². The zero-order chi connectivity index (χ0) is 21.8. The predicted molar refractivity (Wildman–Crippen MR) is 122 cm³/mol. The number of anilines is 1. The Labute approximate surface area is 189 Å². The first-order chi connectivity index (χ1) is 15.0. The van der Waals surface area contributed by atoms with Gasteiger partial charge in [-0.05, 0) is 36.2 Å². The van der Waals surface area contributed by atoms with E-state index in [4.69, 9.17) is 27.9 Å². The van der Waals surface area contributed by atoms with Gasteiger partial charge in [0, 0.05) is 27.6 Å². The van der Waals surface area contributed by atoms with Gasteiger partial charge in [0.1, 0.15) is 0 Å². The fourth-order valence-corrected chi connectivity index (χ4v) is 3.68. The van der Waals surface area contributed by atoms with Crippen LogP contribution in [0, 0.1) is 0 Å². The van der Waals surface area contributed by atoms with Crippen molar-refractivity contribution in [3.05, 3.63) is 99.5 Å². The maximum Gasteiger partial charge on any atom is 0.308 e. The maximum atomic E-state index is 12.8. The van der Waals surface area contributed by atoms with Crippen LogP contribution in [0.25, 0.3) is 0 Å². The van der Waals surface area contributed by atoms with Gasteiger partial charge in [-0.2, -0.15) is 0 Å². The van der Waals surface area contributed by atoms with Crippen LogP contribution >= 0.6 is 23.2 Å². The number of carbonyl (C=O) groups is 2. The highest BCUT2D eigenvalue weighted by Gasteiger charge is 2.29. The molecule has 31 heavy (non-hydrogen) atoms. The zero-order valence-electron chi connectivity index (χ0n) is 16.3. The van der Waals surface area contributed by atoms with Gasteiger partial charge in [-0.15, -0.1) is 0 Å².